The molecule has 0 bridgehead atoms. The minimum atomic E-state index is 0.673. The highest BCUT2D eigenvalue weighted by Crippen LogP contribution is 2.26. The van der Waals surface area contributed by atoms with Gasteiger partial charge in [0, 0.05) is 12.4 Å². The molecule has 1 fully saturated rings. The fourth-order valence-corrected chi connectivity index (χ4v) is 1.96. The Morgan fingerprint density at radius 1 is 1.21 bits per heavy atom. The number of piperidine rings is 1. The van der Waals surface area contributed by atoms with Crippen LogP contribution in [0.15, 0.2) is 12.4 Å². The monoisotopic (exact) mass is 191 g/mol. The van der Waals surface area contributed by atoms with Gasteiger partial charge in [-0.3, -0.25) is 0 Å². The second kappa shape index (κ2) is 4.05. The molecule has 0 radical (unpaired) electrons. The van der Waals surface area contributed by atoms with E-state index in [2.05, 4.69) is 21.9 Å². The van der Waals surface area contributed by atoms with Crippen molar-refractivity contribution in [3.05, 3.63) is 23.8 Å². The predicted molar refractivity (Wildman–Crippen MR) is 56.2 cm³/mol. The molecular formula is C11H17N3. The van der Waals surface area contributed by atoms with Crippen molar-refractivity contribution in [3.8, 4) is 0 Å². The van der Waals surface area contributed by atoms with Crippen molar-refractivity contribution in [2.45, 2.75) is 25.7 Å². The Morgan fingerprint density at radius 2 is 1.79 bits per heavy atom. The van der Waals surface area contributed by atoms with Crippen LogP contribution in [-0.2, 0) is 0 Å². The molecule has 76 valence electrons. The molecular weight excluding hydrogens is 174 g/mol. The lowest BCUT2D eigenvalue weighted by molar-refractivity contribution is 0.255. The first-order chi connectivity index (χ1) is 6.75. The van der Waals surface area contributed by atoms with Crippen LogP contribution < -0.4 is 0 Å². The zero-order chi connectivity index (χ0) is 9.97. The van der Waals surface area contributed by atoms with Gasteiger partial charge in [0.05, 0.1) is 0 Å². The first kappa shape index (κ1) is 9.59. The van der Waals surface area contributed by atoms with Crippen LogP contribution in [0.4, 0.5) is 0 Å². The van der Waals surface area contributed by atoms with E-state index < -0.39 is 0 Å². The molecule has 2 rings (SSSR count). The van der Waals surface area contributed by atoms with E-state index in [0.29, 0.717) is 5.92 Å². The average molecular weight is 191 g/mol. The SMILES string of the molecule is Cc1ncc(C2CCN(C)CC2)cn1. The molecule has 0 amide bonds. The lowest BCUT2D eigenvalue weighted by Gasteiger charge is -2.28. The van der Waals surface area contributed by atoms with Gasteiger partial charge in [-0.1, -0.05) is 0 Å². The van der Waals surface area contributed by atoms with E-state index in [4.69, 9.17) is 0 Å². The highest BCUT2D eigenvalue weighted by atomic mass is 15.1. The quantitative estimate of drug-likeness (QED) is 0.675. The van der Waals surface area contributed by atoms with Crippen LogP contribution in [0.2, 0.25) is 0 Å². The summed E-state index contributed by atoms with van der Waals surface area (Å²) in [6, 6.07) is 0. The maximum absolute atomic E-state index is 4.25. The fourth-order valence-electron chi connectivity index (χ4n) is 1.96. The lowest BCUT2D eigenvalue weighted by Crippen LogP contribution is -2.29. The Morgan fingerprint density at radius 3 is 2.36 bits per heavy atom. The molecule has 1 aromatic heterocycles. The fraction of sp³-hybridized carbons (Fsp3) is 0.636. The van der Waals surface area contributed by atoms with E-state index in [1.165, 1.54) is 31.5 Å². The van der Waals surface area contributed by atoms with Gasteiger partial charge in [-0.2, -0.15) is 0 Å². The predicted octanol–water partition coefficient (Wildman–Crippen LogP) is 1.59. The summed E-state index contributed by atoms with van der Waals surface area (Å²) in [6.45, 7) is 4.31. The number of likely N-dealkylation sites (tertiary alicyclic amines) is 1. The van der Waals surface area contributed by atoms with Crippen LogP contribution >= 0.6 is 0 Å². The molecule has 0 saturated carbocycles. The molecule has 0 aliphatic carbocycles. The first-order valence-corrected chi connectivity index (χ1v) is 5.23. The maximum Gasteiger partial charge on any atom is 0.125 e. The van der Waals surface area contributed by atoms with Crippen molar-refractivity contribution < 1.29 is 0 Å². The van der Waals surface area contributed by atoms with E-state index >= 15 is 0 Å². The molecule has 0 atom stereocenters. The molecule has 14 heavy (non-hydrogen) atoms. The summed E-state index contributed by atoms with van der Waals surface area (Å²) in [4.78, 5) is 10.9. The van der Waals surface area contributed by atoms with Crippen molar-refractivity contribution in [3.63, 3.8) is 0 Å². The summed E-state index contributed by atoms with van der Waals surface area (Å²) in [5.41, 5.74) is 1.31. The highest BCUT2D eigenvalue weighted by Gasteiger charge is 2.18. The molecule has 1 aliphatic heterocycles. The Hall–Kier alpha value is -0.960. The first-order valence-electron chi connectivity index (χ1n) is 5.23. The number of aryl methyl sites for hydroxylation is 1. The van der Waals surface area contributed by atoms with Gasteiger partial charge >= 0.3 is 0 Å². The minimum Gasteiger partial charge on any atom is -0.306 e. The van der Waals surface area contributed by atoms with Crippen LogP contribution in [0, 0.1) is 6.92 Å². The maximum atomic E-state index is 4.25. The summed E-state index contributed by atoms with van der Waals surface area (Å²) in [5, 5.41) is 0. The van der Waals surface area contributed by atoms with E-state index in [1.54, 1.807) is 0 Å². The summed E-state index contributed by atoms with van der Waals surface area (Å²) >= 11 is 0. The molecule has 0 spiro atoms. The van der Waals surface area contributed by atoms with Crippen LogP contribution in [-0.4, -0.2) is 35.0 Å². The molecule has 1 aliphatic rings. The summed E-state index contributed by atoms with van der Waals surface area (Å²) < 4.78 is 0. The summed E-state index contributed by atoms with van der Waals surface area (Å²) in [5.74, 6) is 1.54. The zero-order valence-corrected chi connectivity index (χ0v) is 8.90. The normalized spacial score (nSPS) is 19.9. The second-order valence-electron chi connectivity index (χ2n) is 4.14. The molecule has 1 aromatic rings. The number of nitrogens with zero attached hydrogens (tertiary/aromatic N) is 3. The van der Waals surface area contributed by atoms with Gasteiger partial charge in [-0.25, -0.2) is 9.97 Å². The summed E-state index contributed by atoms with van der Waals surface area (Å²) in [6.07, 6.45) is 6.45. The zero-order valence-electron chi connectivity index (χ0n) is 8.90. The third kappa shape index (κ3) is 2.10. The Kier molecular flexibility index (Phi) is 2.77. The third-order valence-electron chi connectivity index (χ3n) is 2.99. The van der Waals surface area contributed by atoms with Crippen LogP contribution in [0.5, 0.6) is 0 Å². The van der Waals surface area contributed by atoms with Gasteiger partial charge in [0.15, 0.2) is 0 Å². The van der Waals surface area contributed by atoms with Gasteiger partial charge in [0.2, 0.25) is 0 Å². The smallest absolute Gasteiger partial charge is 0.125 e. The standard InChI is InChI=1S/C11H17N3/c1-9-12-7-11(8-13-9)10-3-5-14(2)6-4-10/h7-8,10H,3-6H2,1-2H3. The molecule has 1 saturated heterocycles. The van der Waals surface area contributed by atoms with Crippen molar-refractivity contribution in [1.29, 1.82) is 0 Å². The highest BCUT2D eigenvalue weighted by molar-refractivity contribution is 5.12. The van der Waals surface area contributed by atoms with Crippen molar-refractivity contribution in [2.24, 2.45) is 0 Å². The Labute approximate surface area is 85.2 Å². The van der Waals surface area contributed by atoms with Gasteiger partial charge < -0.3 is 4.90 Å². The topological polar surface area (TPSA) is 29.0 Å². The Bertz CT molecular complexity index is 286. The second-order valence-corrected chi connectivity index (χ2v) is 4.14. The van der Waals surface area contributed by atoms with Crippen LogP contribution in [0.25, 0.3) is 0 Å². The van der Waals surface area contributed by atoms with Crippen molar-refractivity contribution >= 4 is 0 Å². The van der Waals surface area contributed by atoms with Crippen molar-refractivity contribution in [1.82, 2.24) is 14.9 Å². The molecule has 0 aromatic carbocycles. The molecule has 0 unspecified atom stereocenters. The lowest BCUT2D eigenvalue weighted by atomic mass is 9.91. The molecule has 0 N–H and O–H groups in total. The van der Waals surface area contributed by atoms with E-state index in [-0.39, 0.29) is 0 Å². The van der Waals surface area contributed by atoms with Gasteiger partial charge in [-0.15, -0.1) is 0 Å². The van der Waals surface area contributed by atoms with E-state index in [0.717, 1.165) is 5.82 Å². The molecule has 2 heterocycles. The molecule has 3 nitrogen and oxygen atoms in total. The number of hydrogen-bond donors (Lipinski definition) is 0. The summed E-state index contributed by atoms with van der Waals surface area (Å²) in [7, 11) is 2.18. The number of rotatable bonds is 1. The van der Waals surface area contributed by atoms with E-state index in [9.17, 15) is 0 Å². The van der Waals surface area contributed by atoms with Gasteiger partial charge in [-0.05, 0) is 51.4 Å². The number of aromatic nitrogens is 2. The van der Waals surface area contributed by atoms with Crippen molar-refractivity contribution in [2.75, 3.05) is 20.1 Å². The largest absolute Gasteiger partial charge is 0.306 e. The van der Waals surface area contributed by atoms with Gasteiger partial charge in [0.1, 0.15) is 5.82 Å². The Balaban J connectivity index is 2.05. The van der Waals surface area contributed by atoms with Crippen LogP contribution in [0.1, 0.15) is 30.1 Å². The average Bonchev–Trinajstić information content (AvgIpc) is 2.21. The van der Waals surface area contributed by atoms with Crippen LogP contribution in [0.3, 0.4) is 0 Å². The van der Waals surface area contributed by atoms with Gasteiger partial charge in [0.25, 0.3) is 0 Å². The minimum absolute atomic E-state index is 0.673. The number of hydrogen-bond acceptors (Lipinski definition) is 3. The molecule has 3 heteroatoms. The third-order valence-corrected chi connectivity index (χ3v) is 2.99. The van der Waals surface area contributed by atoms with E-state index in [1.807, 2.05) is 19.3 Å².